The molecule has 98 valence electrons. The smallest absolute Gasteiger partial charge is 0.129 e. The van der Waals surface area contributed by atoms with Gasteiger partial charge >= 0.3 is 0 Å². The van der Waals surface area contributed by atoms with E-state index in [1.165, 1.54) is 0 Å². The minimum Gasteiger partial charge on any atom is -0.545 e. The van der Waals surface area contributed by atoms with Crippen LogP contribution in [0.5, 0.6) is 11.5 Å². The predicted molar refractivity (Wildman–Crippen MR) is 57.4 cm³/mol. The molecule has 1 aromatic carbocycles. The van der Waals surface area contributed by atoms with Crippen molar-refractivity contribution >= 4 is 11.9 Å². The van der Waals surface area contributed by atoms with Crippen molar-refractivity contribution < 1.29 is 29.3 Å². The summed E-state index contributed by atoms with van der Waals surface area (Å²) in [5.74, 6) is -3.10. The van der Waals surface area contributed by atoms with Crippen LogP contribution in [-0.2, 0) is 0 Å². The number of ether oxygens (including phenoxy) is 2. The number of rotatable bonds is 6. The molecule has 0 radical (unpaired) electrons. The summed E-state index contributed by atoms with van der Waals surface area (Å²) in [4.78, 5) is 21.8. The zero-order valence-electron chi connectivity index (χ0n) is 10.0. The third-order valence-corrected chi connectivity index (χ3v) is 2.12. The number of carboxylic acids is 2. The first-order valence-corrected chi connectivity index (χ1v) is 5.37. The second kappa shape index (κ2) is 5.90. The molecule has 0 aliphatic heterocycles. The highest BCUT2D eigenvalue weighted by Gasteiger charge is 2.13. The Bertz CT molecular complexity index is 422. The summed E-state index contributed by atoms with van der Waals surface area (Å²) >= 11 is 0. The monoisotopic (exact) mass is 252 g/mol. The Labute approximate surface area is 104 Å². The van der Waals surface area contributed by atoms with Crippen LogP contribution in [0.15, 0.2) is 12.1 Å². The number of carbonyl (C=O) groups excluding carboxylic acids is 2. The minimum absolute atomic E-state index is 0.0832. The number of aromatic carboxylic acids is 2. The number of hydrogen-bond donors (Lipinski definition) is 0. The van der Waals surface area contributed by atoms with Crippen LogP contribution in [0, 0.1) is 0 Å². The average Bonchev–Trinajstić information content (AvgIpc) is 2.30. The van der Waals surface area contributed by atoms with Crippen molar-refractivity contribution in [1.82, 2.24) is 0 Å². The molecule has 6 nitrogen and oxygen atoms in total. The first-order valence-electron chi connectivity index (χ1n) is 5.37. The van der Waals surface area contributed by atoms with E-state index in [1.54, 1.807) is 13.8 Å². The van der Waals surface area contributed by atoms with Crippen LogP contribution in [0.1, 0.15) is 34.6 Å². The van der Waals surface area contributed by atoms with Crippen molar-refractivity contribution in [2.75, 3.05) is 13.2 Å². The Morgan fingerprint density at radius 3 is 1.50 bits per heavy atom. The van der Waals surface area contributed by atoms with Gasteiger partial charge in [-0.05, 0) is 26.0 Å². The van der Waals surface area contributed by atoms with E-state index < -0.39 is 11.9 Å². The van der Waals surface area contributed by atoms with Crippen molar-refractivity contribution in [1.29, 1.82) is 0 Å². The number of hydrogen-bond acceptors (Lipinski definition) is 6. The molecule has 6 heteroatoms. The molecule has 0 amide bonds. The summed E-state index contributed by atoms with van der Waals surface area (Å²) in [5.41, 5.74) is -0.518. The van der Waals surface area contributed by atoms with Gasteiger partial charge in [0, 0.05) is 11.1 Å². The highest BCUT2D eigenvalue weighted by atomic mass is 16.5. The standard InChI is InChI=1S/C12H14O6/c1-3-17-9-5-8(12(15)16)10(18-4-2)6-7(9)11(13)14/h5-6H,3-4H2,1-2H3,(H,13,14)(H,15,16)/p-2. The molecule has 0 fully saturated rings. The zero-order chi connectivity index (χ0) is 13.7. The molecule has 1 aromatic rings. The Kier molecular flexibility index (Phi) is 4.53. The van der Waals surface area contributed by atoms with Crippen LogP contribution in [0.4, 0.5) is 0 Å². The van der Waals surface area contributed by atoms with E-state index >= 15 is 0 Å². The van der Waals surface area contributed by atoms with Crippen LogP contribution in [0.2, 0.25) is 0 Å². The Hall–Kier alpha value is -2.24. The average molecular weight is 252 g/mol. The van der Waals surface area contributed by atoms with Gasteiger partial charge in [0.05, 0.1) is 25.2 Å². The maximum atomic E-state index is 10.9. The summed E-state index contributed by atoms with van der Waals surface area (Å²) < 4.78 is 10.1. The maximum Gasteiger partial charge on any atom is 0.129 e. The van der Waals surface area contributed by atoms with Crippen LogP contribution in [0.3, 0.4) is 0 Å². The van der Waals surface area contributed by atoms with Gasteiger partial charge < -0.3 is 29.3 Å². The molecular weight excluding hydrogens is 240 g/mol. The van der Waals surface area contributed by atoms with Crippen molar-refractivity contribution in [3.8, 4) is 11.5 Å². The number of carbonyl (C=O) groups is 2. The first kappa shape index (κ1) is 13.8. The first-order chi connectivity index (χ1) is 8.51. The van der Waals surface area contributed by atoms with Gasteiger partial charge in [-0.3, -0.25) is 0 Å². The van der Waals surface area contributed by atoms with Gasteiger partial charge in [-0.15, -0.1) is 0 Å². The Morgan fingerprint density at radius 2 is 1.28 bits per heavy atom. The summed E-state index contributed by atoms with van der Waals surface area (Å²) in [7, 11) is 0. The summed E-state index contributed by atoms with van der Waals surface area (Å²) in [5, 5.41) is 21.8. The summed E-state index contributed by atoms with van der Waals surface area (Å²) in [6.45, 7) is 3.68. The summed E-state index contributed by atoms with van der Waals surface area (Å²) in [6, 6.07) is 2.13. The molecule has 18 heavy (non-hydrogen) atoms. The molecule has 0 spiro atoms. The third kappa shape index (κ3) is 2.91. The molecule has 0 unspecified atom stereocenters. The van der Waals surface area contributed by atoms with Crippen LogP contribution in [0.25, 0.3) is 0 Å². The molecule has 0 heterocycles. The fourth-order valence-corrected chi connectivity index (χ4v) is 1.43. The van der Waals surface area contributed by atoms with E-state index in [0.717, 1.165) is 12.1 Å². The molecule has 1 rings (SSSR count). The minimum atomic E-state index is -1.47. The fourth-order valence-electron chi connectivity index (χ4n) is 1.43. The molecule has 0 aliphatic rings. The molecular formula is C12H12O6-2. The Morgan fingerprint density at radius 1 is 0.944 bits per heavy atom. The Balaban J connectivity index is 3.39. The molecule has 0 bridgehead atoms. The molecule has 0 atom stereocenters. The van der Waals surface area contributed by atoms with Crippen LogP contribution >= 0.6 is 0 Å². The van der Waals surface area contributed by atoms with Gasteiger partial charge in [-0.1, -0.05) is 0 Å². The lowest BCUT2D eigenvalue weighted by Gasteiger charge is -2.17. The highest BCUT2D eigenvalue weighted by molar-refractivity contribution is 5.95. The largest absolute Gasteiger partial charge is 0.545 e. The zero-order valence-corrected chi connectivity index (χ0v) is 10.0. The van der Waals surface area contributed by atoms with Crippen molar-refractivity contribution in [3.63, 3.8) is 0 Å². The lowest BCUT2D eigenvalue weighted by molar-refractivity contribution is -0.256. The molecule has 0 saturated carbocycles. The van der Waals surface area contributed by atoms with Crippen LogP contribution in [-0.4, -0.2) is 25.2 Å². The van der Waals surface area contributed by atoms with E-state index in [2.05, 4.69) is 0 Å². The topological polar surface area (TPSA) is 98.7 Å². The van der Waals surface area contributed by atoms with Crippen molar-refractivity contribution in [2.24, 2.45) is 0 Å². The molecule has 0 aliphatic carbocycles. The van der Waals surface area contributed by atoms with Gasteiger partial charge in [-0.25, -0.2) is 0 Å². The van der Waals surface area contributed by atoms with E-state index in [4.69, 9.17) is 9.47 Å². The fraction of sp³-hybridized carbons (Fsp3) is 0.333. The summed E-state index contributed by atoms with van der Waals surface area (Å²) in [6.07, 6.45) is 0. The van der Waals surface area contributed by atoms with Gasteiger partial charge in [-0.2, -0.15) is 0 Å². The second-order valence-electron chi connectivity index (χ2n) is 3.29. The van der Waals surface area contributed by atoms with Crippen LogP contribution < -0.4 is 19.7 Å². The number of carboxylic acid groups (broad SMARTS) is 2. The lowest BCUT2D eigenvalue weighted by Crippen LogP contribution is -2.26. The highest BCUT2D eigenvalue weighted by Crippen LogP contribution is 2.28. The normalized spacial score (nSPS) is 9.89. The number of benzene rings is 1. The predicted octanol–water partition coefficient (Wildman–Crippen LogP) is -0.789. The van der Waals surface area contributed by atoms with Gasteiger partial charge in [0.15, 0.2) is 0 Å². The molecule has 0 saturated heterocycles. The van der Waals surface area contributed by atoms with Gasteiger partial charge in [0.1, 0.15) is 11.5 Å². The lowest BCUT2D eigenvalue weighted by atomic mass is 10.1. The van der Waals surface area contributed by atoms with E-state index in [0.29, 0.717) is 0 Å². The maximum absolute atomic E-state index is 10.9. The van der Waals surface area contributed by atoms with Gasteiger partial charge in [0.25, 0.3) is 0 Å². The van der Waals surface area contributed by atoms with E-state index in [9.17, 15) is 19.8 Å². The third-order valence-electron chi connectivity index (χ3n) is 2.12. The SMILES string of the molecule is CCOc1cc(C(=O)[O-])c(OCC)cc1C(=O)[O-]. The molecule has 0 N–H and O–H groups in total. The van der Waals surface area contributed by atoms with Gasteiger partial charge in [0.2, 0.25) is 0 Å². The van der Waals surface area contributed by atoms with Crippen molar-refractivity contribution in [3.05, 3.63) is 23.3 Å². The van der Waals surface area contributed by atoms with E-state index in [-0.39, 0.29) is 35.8 Å². The quantitative estimate of drug-likeness (QED) is 0.658. The second-order valence-corrected chi connectivity index (χ2v) is 3.29. The van der Waals surface area contributed by atoms with E-state index in [1.807, 2.05) is 0 Å². The van der Waals surface area contributed by atoms with Crippen molar-refractivity contribution in [2.45, 2.75) is 13.8 Å². The molecule has 0 aromatic heterocycles.